The molecule has 0 unspecified atom stereocenters. The molecule has 1 aromatic carbocycles. The van der Waals surface area contributed by atoms with Crippen LogP contribution in [0, 0.1) is 0 Å². The number of allylic oxidation sites excluding steroid dienone is 1. The van der Waals surface area contributed by atoms with Gasteiger partial charge in [0.25, 0.3) is 0 Å². The Labute approximate surface area is 86.4 Å². The van der Waals surface area contributed by atoms with Crippen LogP contribution in [0.4, 0.5) is 0 Å². The zero-order valence-corrected chi connectivity index (χ0v) is 9.58. The van der Waals surface area contributed by atoms with Gasteiger partial charge in [-0.25, -0.2) is 0 Å². The van der Waals surface area contributed by atoms with Crippen LogP contribution in [0.1, 0.15) is 11.1 Å². The molecule has 0 N–H and O–H groups in total. The molecule has 0 fully saturated rings. The van der Waals surface area contributed by atoms with Gasteiger partial charge >= 0.3 is 86.1 Å². The van der Waals surface area contributed by atoms with Crippen molar-refractivity contribution in [1.29, 1.82) is 0 Å². The van der Waals surface area contributed by atoms with Gasteiger partial charge in [-0.2, -0.15) is 0 Å². The van der Waals surface area contributed by atoms with Crippen LogP contribution < -0.4 is 4.46 Å². The van der Waals surface area contributed by atoms with Crippen LogP contribution in [0.25, 0.3) is 0 Å². The number of hydrogen-bond acceptors (Lipinski definition) is 2. The first-order valence-corrected chi connectivity index (χ1v) is 8.14. The third-order valence-electron chi connectivity index (χ3n) is 2.64. The van der Waals surface area contributed by atoms with Gasteiger partial charge in [0, 0.05) is 0 Å². The summed E-state index contributed by atoms with van der Waals surface area (Å²) in [4.78, 5) is 0. The van der Waals surface area contributed by atoms with Gasteiger partial charge in [0.05, 0.1) is 0 Å². The third kappa shape index (κ3) is 0.984. The maximum atomic E-state index is 5.92. The Bertz CT molecular complexity index is 374. The van der Waals surface area contributed by atoms with Crippen molar-refractivity contribution in [1.82, 2.24) is 0 Å². The first-order chi connectivity index (χ1) is 6.86. The summed E-state index contributed by atoms with van der Waals surface area (Å²) in [7, 11) is 0. The van der Waals surface area contributed by atoms with Crippen LogP contribution in [-0.2, 0) is 20.9 Å². The van der Waals surface area contributed by atoms with Crippen LogP contribution in [0.2, 0.25) is 5.32 Å². The third-order valence-corrected chi connectivity index (χ3v) is 8.55. The molecule has 0 aromatic heterocycles. The molecule has 0 saturated carbocycles. The van der Waals surface area contributed by atoms with E-state index in [0.29, 0.717) is 0 Å². The second kappa shape index (κ2) is 2.94. The summed E-state index contributed by atoms with van der Waals surface area (Å²) in [6, 6.07) is 6.39. The Morgan fingerprint density at radius 1 is 1.29 bits per heavy atom. The summed E-state index contributed by atoms with van der Waals surface area (Å²) in [5, 5.41) is 0.889. The van der Waals surface area contributed by atoms with Crippen molar-refractivity contribution in [3.63, 3.8) is 0 Å². The van der Waals surface area contributed by atoms with E-state index in [1.165, 1.54) is 15.6 Å². The number of benzene rings is 1. The van der Waals surface area contributed by atoms with Gasteiger partial charge in [0.2, 0.25) is 0 Å². The van der Waals surface area contributed by atoms with Gasteiger partial charge < -0.3 is 0 Å². The van der Waals surface area contributed by atoms with E-state index >= 15 is 0 Å². The van der Waals surface area contributed by atoms with E-state index in [4.69, 9.17) is 7.64 Å². The Morgan fingerprint density at radius 2 is 1.93 bits per heavy atom. The van der Waals surface area contributed by atoms with E-state index in [1.54, 1.807) is 0 Å². The number of rotatable bonds is 2. The van der Waals surface area contributed by atoms with E-state index in [-0.39, 0.29) is 0 Å². The summed E-state index contributed by atoms with van der Waals surface area (Å²) < 4.78 is 13.2. The first-order valence-electron chi connectivity index (χ1n) is 4.67. The summed E-state index contributed by atoms with van der Waals surface area (Å²) >= 11 is -2.25. The SMILES string of the molecule is C=CC[Se]12OCc3cccc(c31)CO2. The fraction of sp³-hybridized carbons (Fsp3) is 0.273. The zero-order chi connectivity index (χ0) is 9.60. The maximum absolute atomic E-state index is 5.92. The molecule has 3 rings (SSSR count). The Kier molecular flexibility index (Phi) is 1.83. The van der Waals surface area contributed by atoms with Gasteiger partial charge in [0.15, 0.2) is 0 Å². The Balaban J connectivity index is 2.18. The normalized spacial score (nSPS) is 23.1. The van der Waals surface area contributed by atoms with Gasteiger partial charge in [0.1, 0.15) is 0 Å². The molecule has 2 heterocycles. The van der Waals surface area contributed by atoms with Crippen molar-refractivity contribution in [2.24, 2.45) is 0 Å². The molecule has 14 heavy (non-hydrogen) atoms. The van der Waals surface area contributed by atoms with E-state index in [9.17, 15) is 0 Å². The predicted molar refractivity (Wildman–Crippen MR) is 56.4 cm³/mol. The molecule has 0 amide bonds. The summed E-state index contributed by atoms with van der Waals surface area (Å²) in [6.07, 6.45) is 1.93. The van der Waals surface area contributed by atoms with Crippen LogP contribution >= 0.6 is 0 Å². The molecule has 3 heteroatoms. The molecule has 74 valence electrons. The van der Waals surface area contributed by atoms with Crippen molar-refractivity contribution in [3.8, 4) is 0 Å². The average molecular weight is 255 g/mol. The molecule has 2 aliphatic rings. The molecule has 2 nitrogen and oxygen atoms in total. The first kappa shape index (κ1) is 8.69. The molecule has 0 saturated heterocycles. The topological polar surface area (TPSA) is 18.5 Å². The summed E-state index contributed by atoms with van der Waals surface area (Å²) in [6.45, 7) is 5.26. The zero-order valence-electron chi connectivity index (χ0n) is 7.86. The van der Waals surface area contributed by atoms with Crippen molar-refractivity contribution in [3.05, 3.63) is 42.0 Å². The van der Waals surface area contributed by atoms with E-state index in [1.807, 2.05) is 6.08 Å². The van der Waals surface area contributed by atoms with Gasteiger partial charge in [-0.05, 0) is 0 Å². The monoisotopic (exact) mass is 256 g/mol. The van der Waals surface area contributed by atoms with E-state index in [0.717, 1.165) is 18.5 Å². The minimum absolute atomic E-state index is 0.733. The fourth-order valence-corrected chi connectivity index (χ4v) is 7.65. The molecule has 0 bridgehead atoms. The summed E-state index contributed by atoms with van der Waals surface area (Å²) in [5.41, 5.74) is 2.67. The van der Waals surface area contributed by atoms with Crippen molar-refractivity contribution >= 4 is 18.0 Å². The fourth-order valence-electron chi connectivity index (χ4n) is 2.07. The summed E-state index contributed by atoms with van der Waals surface area (Å²) in [5.74, 6) is 0. The van der Waals surface area contributed by atoms with Gasteiger partial charge in [-0.1, -0.05) is 0 Å². The van der Waals surface area contributed by atoms with E-state index in [2.05, 4.69) is 24.8 Å². The van der Waals surface area contributed by atoms with E-state index < -0.39 is 13.5 Å². The molecule has 0 radical (unpaired) electrons. The average Bonchev–Trinajstić information content (AvgIpc) is 2.73. The van der Waals surface area contributed by atoms with Crippen molar-refractivity contribution < 1.29 is 7.64 Å². The second-order valence-electron chi connectivity index (χ2n) is 3.50. The molecule has 1 aromatic rings. The second-order valence-corrected chi connectivity index (χ2v) is 8.62. The molecular formula is C11H12O2Se. The van der Waals surface area contributed by atoms with Crippen molar-refractivity contribution in [2.45, 2.75) is 18.5 Å². The van der Waals surface area contributed by atoms with Crippen LogP contribution in [-0.4, -0.2) is 13.5 Å². The molecule has 0 atom stereocenters. The Morgan fingerprint density at radius 3 is 2.50 bits per heavy atom. The van der Waals surface area contributed by atoms with Gasteiger partial charge in [-0.3, -0.25) is 0 Å². The predicted octanol–water partition coefficient (Wildman–Crippen LogP) is 1.58. The quantitative estimate of drug-likeness (QED) is 0.590. The number of hydrogen-bond donors (Lipinski definition) is 0. The molecule has 0 aliphatic carbocycles. The molecule has 2 aliphatic heterocycles. The van der Waals surface area contributed by atoms with Crippen molar-refractivity contribution in [2.75, 3.05) is 0 Å². The van der Waals surface area contributed by atoms with Crippen LogP contribution in [0.3, 0.4) is 0 Å². The Hall–Kier alpha value is -0.601. The van der Waals surface area contributed by atoms with Crippen LogP contribution in [0.15, 0.2) is 30.9 Å². The van der Waals surface area contributed by atoms with Crippen LogP contribution in [0.5, 0.6) is 0 Å². The minimum atomic E-state index is -2.25. The standard InChI is InChI=1S/C11H12O2Se/c1-2-6-14-11-9(7-12-14)4-3-5-10(11)8-13-14/h2-5H,1,6-8H2. The molecule has 0 spiro atoms. The molecular weight excluding hydrogens is 243 g/mol. The van der Waals surface area contributed by atoms with Gasteiger partial charge in [-0.15, -0.1) is 0 Å².